The lowest BCUT2D eigenvalue weighted by molar-refractivity contribution is 0.156. The second-order valence-corrected chi connectivity index (χ2v) is 3.11. The molecule has 0 amide bonds. The summed E-state index contributed by atoms with van der Waals surface area (Å²) >= 11 is 0. The molecule has 1 rings (SSSR count). The molecule has 0 radical (unpaired) electrons. The first-order chi connectivity index (χ1) is 5.25. The maximum Gasteiger partial charge on any atom is 0.0869 e. The number of nitriles is 1. The average Bonchev–Trinajstić information content (AvgIpc) is 1.99. The molecule has 1 aliphatic heterocycles. The summed E-state index contributed by atoms with van der Waals surface area (Å²) in [4.78, 5) is 2.21. The van der Waals surface area contributed by atoms with Gasteiger partial charge in [-0.05, 0) is 13.8 Å². The highest BCUT2D eigenvalue weighted by atomic mass is 15.2. The van der Waals surface area contributed by atoms with Gasteiger partial charge in [-0.15, -0.1) is 0 Å². The van der Waals surface area contributed by atoms with E-state index in [1.54, 1.807) is 0 Å². The average molecular weight is 153 g/mol. The van der Waals surface area contributed by atoms with E-state index in [0.29, 0.717) is 18.6 Å². The predicted octanol–water partition coefficient (Wildman–Crippen LogP) is 0.192. The van der Waals surface area contributed by atoms with Crippen LogP contribution in [0.1, 0.15) is 13.8 Å². The molecule has 0 bridgehead atoms. The van der Waals surface area contributed by atoms with Crippen LogP contribution in [0.3, 0.4) is 0 Å². The number of hydrogen-bond acceptors (Lipinski definition) is 3. The molecule has 3 nitrogen and oxygen atoms in total. The highest BCUT2D eigenvalue weighted by Crippen LogP contribution is 2.06. The maximum absolute atomic E-state index is 8.51. The Morgan fingerprint density at radius 2 is 2.36 bits per heavy atom. The molecule has 0 aromatic heterocycles. The van der Waals surface area contributed by atoms with Gasteiger partial charge in [-0.2, -0.15) is 5.26 Å². The second-order valence-electron chi connectivity index (χ2n) is 3.11. The van der Waals surface area contributed by atoms with E-state index < -0.39 is 0 Å². The van der Waals surface area contributed by atoms with E-state index in [9.17, 15) is 0 Å². The fourth-order valence-electron chi connectivity index (χ4n) is 1.44. The van der Waals surface area contributed by atoms with Gasteiger partial charge in [-0.3, -0.25) is 4.90 Å². The third kappa shape index (κ3) is 1.92. The molecule has 11 heavy (non-hydrogen) atoms. The standard InChI is InChI=1S/C8H15N3/c1-7-8(2)11(5-3-9)6-4-10-7/h7-8,10H,4-6H2,1-2H3. The molecule has 0 saturated carbocycles. The largest absolute Gasteiger partial charge is 0.311 e. The quantitative estimate of drug-likeness (QED) is 0.547. The van der Waals surface area contributed by atoms with Crippen molar-refractivity contribution in [2.24, 2.45) is 0 Å². The fraction of sp³-hybridized carbons (Fsp3) is 0.875. The lowest BCUT2D eigenvalue weighted by Crippen LogP contribution is -2.55. The molecule has 1 fully saturated rings. The third-order valence-corrected chi connectivity index (χ3v) is 2.44. The topological polar surface area (TPSA) is 39.1 Å². The summed E-state index contributed by atoms with van der Waals surface area (Å²) in [5.74, 6) is 0. The zero-order valence-electron chi connectivity index (χ0n) is 7.17. The van der Waals surface area contributed by atoms with Crippen molar-refractivity contribution in [2.45, 2.75) is 25.9 Å². The molecular weight excluding hydrogens is 138 g/mol. The van der Waals surface area contributed by atoms with Gasteiger partial charge >= 0.3 is 0 Å². The first kappa shape index (κ1) is 8.51. The van der Waals surface area contributed by atoms with Crippen LogP contribution in [0.15, 0.2) is 0 Å². The number of nitrogens with zero attached hydrogens (tertiary/aromatic N) is 2. The molecule has 0 aliphatic carbocycles. The number of hydrogen-bond donors (Lipinski definition) is 1. The Bertz CT molecular complexity index is 161. The maximum atomic E-state index is 8.51. The third-order valence-electron chi connectivity index (χ3n) is 2.44. The summed E-state index contributed by atoms with van der Waals surface area (Å²) in [6, 6.07) is 3.19. The molecule has 1 heterocycles. The van der Waals surface area contributed by atoms with E-state index in [-0.39, 0.29) is 0 Å². The van der Waals surface area contributed by atoms with Crippen molar-refractivity contribution >= 4 is 0 Å². The predicted molar refractivity (Wildman–Crippen MR) is 44.1 cm³/mol. The molecule has 62 valence electrons. The van der Waals surface area contributed by atoms with Crippen LogP contribution in [0.4, 0.5) is 0 Å². The minimum absolute atomic E-state index is 0.489. The fourth-order valence-corrected chi connectivity index (χ4v) is 1.44. The van der Waals surface area contributed by atoms with Crippen molar-refractivity contribution in [3.8, 4) is 6.07 Å². The lowest BCUT2D eigenvalue weighted by atomic mass is 10.1. The first-order valence-electron chi connectivity index (χ1n) is 4.10. The summed E-state index contributed by atoms with van der Waals surface area (Å²) in [5, 5.41) is 11.9. The first-order valence-corrected chi connectivity index (χ1v) is 4.10. The van der Waals surface area contributed by atoms with Crippen LogP contribution in [0.2, 0.25) is 0 Å². The number of piperazine rings is 1. The van der Waals surface area contributed by atoms with Crippen LogP contribution < -0.4 is 5.32 Å². The molecule has 2 unspecified atom stereocenters. The molecule has 1 saturated heterocycles. The van der Waals surface area contributed by atoms with Gasteiger partial charge in [0.1, 0.15) is 0 Å². The van der Waals surface area contributed by atoms with E-state index in [0.717, 1.165) is 13.1 Å². The minimum atomic E-state index is 0.489. The minimum Gasteiger partial charge on any atom is -0.311 e. The van der Waals surface area contributed by atoms with E-state index in [4.69, 9.17) is 5.26 Å². The zero-order chi connectivity index (χ0) is 8.27. The van der Waals surface area contributed by atoms with Crippen LogP contribution in [0.25, 0.3) is 0 Å². The van der Waals surface area contributed by atoms with E-state index in [2.05, 4.69) is 30.1 Å². The molecule has 0 aromatic carbocycles. The number of rotatable bonds is 1. The van der Waals surface area contributed by atoms with Crippen molar-refractivity contribution < 1.29 is 0 Å². The van der Waals surface area contributed by atoms with Gasteiger partial charge in [0, 0.05) is 25.2 Å². The zero-order valence-corrected chi connectivity index (χ0v) is 7.17. The highest BCUT2D eigenvalue weighted by molar-refractivity contribution is 4.88. The van der Waals surface area contributed by atoms with Gasteiger partial charge in [0.05, 0.1) is 12.6 Å². The molecular formula is C8H15N3. The van der Waals surface area contributed by atoms with Crippen LogP contribution in [-0.2, 0) is 0 Å². The van der Waals surface area contributed by atoms with Crippen LogP contribution in [0, 0.1) is 11.3 Å². The Hall–Kier alpha value is -0.590. The smallest absolute Gasteiger partial charge is 0.0869 e. The van der Waals surface area contributed by atoms with Gasteiger partial charge in [0.25, 0.3) is 0 Å². The van der Waals surface area contributed by atoms with Gasteiger partial charge in [0.15, 0.2) is 0 Å². The Morgan fingerprint density at radius 1 is 1.64 bits per heavy atom. The van der Waals surface area contributed by atoms with E-state index >= 15 is 0 Å². The summed E-state index contributed by atoms with van der Waals surface area (Å²) in [6.45, 7) is 6.89. The van der Waals surface area contributed by atoms with Crippen molar-refractivity contribution in [1.82, 2.24) is 10.2 Å². The summed E-state index contributed by atoms with van der Waals surface area (Å²) in [7, 11) is 0. The van der Waals surface area contributed by atoms with Crippen molar-refractivity contribution in [2.75, 3.05) is 19.6 Å². The van der Waals surface area contributed by atoms with E-state index in [1.807, 2.05) is 0 Å². The molecule has 1 aliphatic rings. The van der Waals surface area contributed by atoms with Gasteiger partial charge in [-0.1, -0.05) is 0 Å². The van der Waals surface area contributed by atoms with E-state index in [1.165, 1.54) is 0 Å². The Balaban J connectivity index is 2.45. The van der Waals surface area contributed by atoms with Gasteiger partial charge in [0.2, 0.25) is 0 Å². The van der Waals surface area contributed by atoms with Crippen molar-refractivity contribution in [3.63, 3.8) is 0 Å². The van der Waals surface area contributed by atoms with Gasteiger partial charge < -0.3 is 5.32 Å². The normalized spacial score (nSPS) is 33.2. The monoisotopic (exact) mass is 153 g/mol. The SMILES string of the molecule is CC1NCCN(CC#N)C1C. The van der Waals surface area contributed by atoms with Crippen LogP contribution in [-0.4, -0.2) is 36.6 Å². The molecule has 3 heteroatoms. The number of nitrogens with one attached hydrogen (secondary N) is 1. The lowest BCUT2D eigenvalue weighted by Gasteiger charge is -2.36. The highest BCUT2D eigenvalue weighted by Gasteiger charge is 2.23. The summed E-state index contributed by atoms with van der Waals surface area (Å²) < 4.78 is 0. The summed E-state index contributed by atoms with van der Waals surface area (Å²) in [6.07, 6.45) is 0. The summed E-state index contributed by atoms with van der Waals surface area (Å²) in [5.41, 5.74) is 0. The van der Waals surface area contributed by atoms with Gasteiger partial charge in [-0.25, -0.2) is 0 Å². The van der Waals surface area contributed by atoms with Crippen molar-refractivity contribution in [3.05, 3.63) is 0 Å². The Labute approximate surface area is 68.0 Å². The van der Waals surface area contributed by atoms with Crippen LogP contribution >= 0.6 is 0 Å². The molecule has 0 aromatic rings. The van der Waals surface area contributed by atoms with Crippen molar-refractivity contribution in [1.29, 1.82) is 5.26 Å². The molecule has 1 N–H and O–H groups in total. The Kier molecular flexibility index (Phi) is 2.86. The van der Waals surface area contributed by atoms with Crippen LogP contribution in [0.5, 0.6) is 0 Å². The molecule has 2 atom stereocenters. The Morgan fingerprint density at radius 3 is 3.00 bits per heavy atom. The molecule has 0 spiro atoms. The second kappa shape index (κ2) is 3.70.